The van der Waals surface area contributed by atoms with Gasteiger partial charge in [-0.2, -0.15) is 0 Å². The predicted octanol–water partition coefficient (Wildman–Crippen LogP) is 5.87. The highest BCUT2D eigenvalue weighted by molar-refractivity contribution is 5.78. The summed E-state index contributed by atoms with van der Waals surface area (Å²) in [7, 11) is 0. The summed E-state index contributed by atoms with van der Waals surface area (Å²) >= 11 is 0. The maximum Gasteiger partial charge on any atom is 0.0366 e. The molecule has 2 aromatic rings. The molecule has 122 valence electrons. The van der Waals surface area contributed by atoms with Gasteiger partial charge < -0.3 is 4.90 Å². The standard InChI is InChI=1S/C22H29N/c1-17(2)15-23(16-18(3)4)22-13-11-21(12-14-22)19(5)20-9-7-6-8-10-20/h6-14,17-18H,5,15-16H2,1-4H3. The lowest BCUT2D eigenvalue weighted by atomic mass is 9.99. The van der Waals surface area contributed by atoms with Crippen LogP contribution in [0.1, 0.15) is 38.8 Å². The summed E-state index contributed by atoms with van der Waals surface area (Å²) in [6.45, 7) is 15.5. The van der Waals surface area contributed by atoms with E-state index in [-0.39, 0.29) is 0 Å². The van der Waals surface area contributed by atoms with E-state index in [1.54, 1.807) is 0 Å². The van der Waals surface area contributed by atoms with Gasteiger partial charge in [0, 0.05) is 18.8 Å². The molecule has 0 saturated heterocycles. The highest BCUT2D eigenvalue weighted by atomic mass is 15.1. The van der Waals surface area contributed by atoms with Crippen molar-refractivity contribution >= 4 is 11.3 Å². The monoisotopic (exact) mass is 307 g/mol. The van der Waals surface area contributed by atoms with Gasteiger partial charge >= 0.3 is 0 Å². The van der Waals surface area contributed by atoms with Crippen LogP contribution in [0.15, 0.2) is 61.2 Å². The average molecular weight is 307 g/mol. The van der Waals surface area contributed by atoms with Crippen LogP contribution in [0.2, 0.25) is 0 Å². The van der Waals surface area contributed by atoms with E-state index in [2.05, 4.69) is 87.7 Å². The Bertz CT molecular complexity index is 598. The van der Waals surface area contributed by atoms with Crippen LogP contribution in [0.3, 0.4) is 0 Å². The third-order valence-electron chi connectivity index (χ3n) is 3.87. The molecule has 0 unspecified atom stereocenters. The second kappa shape index (κ2) is 8.01. The second-order valence-electron chi connectivity index (χ2n) is 7.08. The number of hydrogen-bond acceptors (Lipinski definition) is 1. The maximum absolute atomic E-state index is 4.25. The highest BCUT2D eigenvalue weighted by Gasteiger charge is 2.11. The van der Waals surface area contributed by atoms with Crippen molar-refractivity contribution in [2.24, 2.45) is 11.8 Å². The summed E-state index contributed by atoms with van der Waals surface area (Å²) in [5.41, 5.74) is 4.75. The van der Waals surface area contributed by atoms with Gasteiger partial charge in [0.15, 0.2) is 0 Å². The summed E-state index contributed by atoms with van der Waals surface area (Å²) in [6.07, 6.45) is 0. The molecule has 0 amide bonds. The van der Waals surface area contributed by atoms with E-state index >= 15 is 0 Å². The number of nitrogens with zero attached hydrogens (tertiary/aromatic N) is 1. The quantitative estimate of drug-likeness (QED) is 0.618. The molecule has 0 aromatic heterocycles. The predicted molar refractivity (Wildman–Crippen MR) is 103 cm³/mol. The molecule has 2 aromatic carbocycles. The Morgan fingerprint density at radius 3 is 1.74 bits per heavy atom. The summed E-state index contributed by atoms with van der Waals surface area (Å²) in [4.78, 5) is 2.49. The maximum atomic E-state index is 4.25. The molecule has 23 heavy (non-hydrogen) atoms. The van der Waals surface area contributed by atoms with Crippen molar-refractivity contribution in [1.82, 2.24) is 0 Å². The summed E-state index contributed by atoms with van der Waals surface area (Å²) in [5.74, 6) is 1.32. The van der Waals surface area contributed by atoms with Crippen molar-refractivity contribution < 1.29 is 0 Å². The van der Waals surface area contributed by atoms with Crippen LogP contribution < -0.4 is 4.90 Å². The van der Waals surface area contributed by atoms with Gasteiger partial charge in [-0.1, -0.05) is 76.7 Å². The number of rotatable bonds is 7. The summed E-state index contributed by atoms with van der Waals surface area (Å²) in [5, 5.41) is 0. The Morgan fingerprint density at radius 1 is 0.783 bits per heavy atom. The van der Waals surface area contributed by atoms with Crippen LogP contribution in [0.5, 0.6) is 0 Å². The minimum atomic E-state index is 0.660. The fourth-order valence-corrected chi connectivity index (χ4v) is 2.85. The number of hydrogen-bond donors (Lipinski definition) is 0. The molecule has 2 rings (SSSR count). The van der Waals surface area contributed by atoms with Gasteiger partial charge in [-0.3, -0.25) is 0 Å². The van der Waals surface area contributed by atoms with Gasteiger partial charge in [-0.05, 0) is 40.7 Å². The normalized spacial score (nSPS) is 11.0. The van der Waals surface area contributed by atoms with Gasteiger partial charge in [0.2, 0.25) is 0 Å². The van der Waals surface area contributed by atoms with E-state index in [1.807, 2.05) is 6.07 Å². The minimum Gasteiger partial charge on any atom is -0.371 e. The first-order chi connectivity index (χ1) is 11.0. The lowest BCUT2D eigenvalue weighted by Gasteiger charge is -2.28. The third kappa shape index (κ3) is 4.99. The molecule has 0 fully saturated rings. The lowest BCUT2D eigenvalue weighted by Crippen LogP contribution is -2.31. The Morgan fingerprint density at radius 2 is 1.26 bits per heavy atom. The zero-order chi connectivity index (χ0) is 16.8. The fourth-order valence-electron chi connectivity index (χ4n) is 2.85. The SMILES string of the molecule is C=C(c1ccccc1)c1ccc(N(CC(C)C)CC(C)C)cc1. The topological polar surface area (TPSA) is 3.24 Å². The van der Waals surface area contributed by atoms with E-state index in [9.17, 15) is 0 Å². The zero-order valence-corrected chi connectivity index (χ0v) is 14.9. The second-order valence-corrected chi connectivity index (χ2v) is 7.08. The molecule has 0 atom stereocenters. The largest absolute Gasteiger partial charge is 0.371 e. The van der Waals surface area contributed by atoms with Crippen molar-refractivity contribution in [3.8, 4) is 0 Å². The molecule has 0 spiro atoms. The van der Waals surface area contributed by atoms with Gasteiger partial charge in [0.05, 0.1) is 0 Å². The molecule has 1 heteroatoms. The first-order valence-corrected chi connectivity index (χ1v) is 8.57. The molecule has 0 radical (unpaired) electrons. The number of anilines is 1. The Hall–Kier alpha value is -2.02. The summed E-state index contributed by atoms with van der Waals surface area (Å²) in [6, 6.07) is 19.2. The van der Waals surface area contributed by atoms with Crippen molar-refractivity contribution in [2.45, 2.75) is 27.7 Å². The molecule has 0 aliphatic rings. The zero-order valence-electron chi connectivity index (χ0n) is 14.9. The van der Waals surface area contributed by atoms with Gasteiger partial charge in [-0.15, -0.1) is 0 Å². The van der Waals surface area contributed by atoms with Crippen molar-refractivity contribution in [3.05, 3.63) is 72.3 Å². The van der Waals surface area contributed by atoms with Gasteiger partial charge in [0.25, 0.3) is 0 Å². The van der Waals surface area contributed by atoms with Crippen LogP contribution in [0, 0.1) is 11.8 Å². The van der Waals surface area contributed by atoms with E-state index in [1.165, 1.54) is 16.8 Å². The Labute approximate surface area is 141 Å². The first-order valence-electron chi connectivity index (χ1n) is 8.57. The van der Waals surface area contributed by atoms with Crippen molar-refractivity contribution in [2.75, 3.05) is 18.0 Å². The highest BCUT2D eigenvalue weighted by Crippen LogP contribution is 2.25. The van der Waals surface area contributed by atoms with Crippen LogP contribution in [-0.2, 0) is 0 Å². The van der Waals surface area contributed by atoms with E-state index < -0.39 is 0 Å². The van der Waals surface area contributed by atoms with Gasteiger partial charge in [-0.25, -0.2) is 0 Å². The minimum absolute atomic E-state index is 0.660. The summed E-state index contributed by atoms with van der Waals surface area (Å²) < 4.78 is 0. The van der Waals surface area contributed by atoms with Gasteiger partial charge in [0.1, 0.15) is 0 Å². The Balaban J connectivity index is 2.18. The average Bonchev–Trinajstić information content (AvgIpc) is 2.54. The fraction of sp³-hybridized carbons (Fsp3) is 0.364. The van der Waals surface area contributed by atoms with E-state index in [0.717, 1.165) is 18.7 Å². The van der Waals surface area contributed by atoms with Crippen LogP contribution in [0.4, 0.5) is 5.69 Å². The van der Waals surface area contributed by atoms with Crippen molar-refractivity contribution in [3.63, 3.8) is 0 Å². The smallest absolute Gasteiger partial charge is 0.0366 e. The molecular weight excluding hydrogens is 278 g/mol. The molecule has 0 saturated carbocycles. The van der Waals surface area contributed by atoms with Crippen LogP contribution in [0.25, 0.3) is 5.57 Å². The van der Waals surface area contributed by atoms with Crippen LogP contribution >= 0.6 is 0 Å². The molecule has 0 bridgehead atoms. The van der Waals surface area contributed by atoms with Crippen molar-refractivity contribution in [1.29, 1.82) is 0 Å². The molecule has 0 aliphatic heterocycles. The van der Waals surface area contributed by atoms with E-state index in [0.29, 0.717) is 11.8 Å². The molecule has 1 nitrogen and oxygen atoms in total. The molecular formula is C22H29N. The lowest BCUT2D eigenvalue weighted by molar-refractivity contribution is 0.553. The van der Waals surface area contributed by atoms with E-state index in [4.69, 9.17) is 0 Å². The molecule has 0 heterocycles. The third-order valence-corrected chi connectivity index (χ3v) is 3.87. The molecule has 0 N–H and O–H groups in total. The first kappa shape index (κ1) is 17.3. The number of benzene rings is 2. The van der Waals surface area contributed by atoms with Crippen LogP contribution in [-0.4, -0.2) is 13.1 Å². The molecule has 0 aliphatic carbocycles. The Kier molecular flexibility index (Phi) is 6.04.